The Morgan fingerprint density at radius 1 is 1.47 bits per heavy atom. The van der Waals surface area contributed by atoms with E-state index >= 15 is 0 Å². The minimum Gasteiger partial charge on any atom is -0.394 e. The van der Waals surface area contributed by atoms with E-state index in [0.717, 1.165) is 0 Å². The summed E-state index contributed by atoms with van der Waals surface area (Å²) < 4.78 is 5.39. The van der Waals surface area contributed by atoms with Gasteiger partial charge in [-0.3, -0.25) is 0 Å². The molecule has 0 aromatic rings. The molecular formula is C10H17N3O4. The smallest absolute Gasteiger partial charge is 0.160 e. The van der Waals surface area contributed by atoms with Crippen molar-refractivity contribution in [3.8, 4) is 0 Å². The van der Waals surface area contributed by atoms with E-state index in [0.29, 0.717) is 5.84 Å². The van der Waals surface area contributed by atoms with Crippen LogP contribution in [0.25, 0.3) is 0 Å². The molecule has 7 nitrogen and oxygen atoms in total. The highest BCUT2D eigenvalue weighted by Gasteiger charge is 2.45. The third-order valence-corrected chi connectivity index (χ3v) is 3.00. The van der Waals surface area contributed by atoms with Gasteiger partial charge in [0.25, 0.3) is 0 Å². The minimum atomic E-state index is -1.10. The van der Waals surface area contributed by atoms with Crippen LogP contribution in [0, 0.1) is 0 Å². The van der Waals surface area contributed by atoms with Gasteiger partial charge in [0.1, 0.15) is 30.3 Å². The molecule has 5 unspecified atom stereocenters. The van der Waals surface area contributed by atoms with Gasteiger partial charge in [0.15, 0.2) is 6.23 Å². The number of nitrogens with zero attached hydrogens (tertiary/aromatic N) is 2. The van der Waals surface area contributed by atoms with Crippen LogP contribution in [-0.4, -0.2) is 63.4 Å². The zero-order chi connectivity index (χ0) is 12.6. The van der Waals surface area contributed by atoms with Crippen molar-refractivity contribution in [3.05, 3.63) is 12.3 Å². The fourth-order valence-corrected chi connectivity index (χ4v) is 2.04. The summed E-state index contributed by atoms with van der Waals surface area (Å²) in [6.07, 6.45) is -0.738. The molecule has 0 aromatic carbocycles. The van der Waals surface area contributed by atoms with E-state index < -0.39 is 24.5 Å². The Labute approximate surface area is 98.8 Å². The fourth-order valence-electron chi connectivity index (χ4n) is 2.04. The van der Waals surface area contributed by atoms with Crippen LogP contribution in [0.5, 0.6) is 0 Å². The lowest BCUT2D eigenvalue weighted by atomic mass is 10.1. The summed E-state index contributed by atoms with van der Waals surface area (Å²) in [4.78, 5) is 5.77. The molecule has 0 bridgehead atoms. The molecule has 0 radical (unpaired) electrons. The number of aliphatic imine (C=N–C) groups is 1. The molecule has 2 heterocycles. The van der Waals surface area contributed by atoms with Gasteiger partial charge >= 0.3 is 0 Å². The Morgan fingerprint density at radius 3 is 2.71 bits per heavy atom. The Morgan fingerprint density at radius 2 is 2.18 bits per heavy atom. The second-order valence-electron chi connectivity index (χ2n) is 4.18. The lowest BCUT2D eigenvalue weighted by molar-refractivity contribution is -0.0902. The molecule has 1 saturated heterocycles. The molecule has 2 rings (SSSR count). The third kappa shape index (κ3) is 2.14. The zero-order valence-electron chi connectivity index (χ0n) is 9.47. The number of hydrogen-bond donors (Lipinski definition) is 4. The van der Waals surface area contributed by atoms with Crippen LogP contribution in [-0.2, 0) is 4.74 Å². The van der Waals surface area contributed by atoms with Gasteiger partial charge in [0.05, 0.1) is 6.61 Å². The first kappa shape index (κ1) is 12.3. The van der Waals surface area contributed by atoms with Crippen molar-refractivity contribution in [2.24, 2.45) is 10.7 Å². The van der Waals surface area contributed by atoms with Crippen LogP contribution >= 0.6 is 0 Å². The quantitative estimate of drug-likeness (QED) is 0.444. The molecule has 0 spiro atoms. The second kappa shape index (κ2) is 4.61. The molecule has 1 fully saturated rings. The van der Waals surface area contributed by atoms with E-state index in [1.54, 1.807) is 24.1 Å². The van der Waals surface area contributed by atoms with E-state index in [1.807, 2.05) is 0 Å². The van der Waals surface area contributed by atoms with Gasteiger partial charge in [-0.15, -0.1) is 0 Å². The summed E-state index contributed by atoms with van der Waals surface area (Å²) >= 11 is 0. The minimum absolute atomic E-state index is 0.288. The van der Waals surface area contributed by atoms with Gasteiger partial charge in [0, 0.05) is 6.20 Å². The maximum absolute atomic E-state index is 9.85. The van der Waals surface area contributed by atoms with Crippen molar-refractivity contribution in [2.45, 2.75) is 37.6 Å². The predicted octanol–water partition coefficient (Wildman–Crippen LogP) is -2.04. The van der Waals surface area contributed by atoms with Gasteiger partial charge in [-0.1, -0.05) is 0 Å². The van der Waals surface area contributed by atoms with Crippen LogP contribution in [0.1, 0.15) is 6.92 Å². The summed E-state index contributed by atoms with van der Waals surface area (Å²) in [5, 5.41) is 28.5. The summed E-state index contributed by atoms with van der Waals surface area (Å²) in [5.41, 5.74) is 5.55. The number of aliphatic hydroxyl groups is 3. The van der Waals surface area contributed by atoms with Crippen LogP contribution in [0.2, 0.25) is 0 Å². The van der Waals surface area contributed by atoms with Crippen LogP contribution < -0.4 is 5.73 Å². The van der Waals surface area contributed by atoms with Crippen molar-refractivity contribution in [2.75, 3.05) is 6.61 Å². The number of hydrogen-bond acceptors (Lipinski definition) is 7. The molecule has 2 aliphatic heterocycles. The lowest BCUT2D eigenvalue weighted by Gasteiger charge is -2.34. The molecule has 17 heavy (non-hydrogen) atoms. The van der Waals surface area contributed by atoms with Gasteiger partial charge in [-0.05, 0) is 13.0 Å². The molecule has 5 N–H and O–H groups in total. The standard InChI is InChI=1S/C10H17N3O4/c1-5-12-7(11)2-3-13(5)10-9(16)8(15)6(4-14)17-10/h2-3,5-6,8-10,14-16H,4H2,1H3,(H2,11,12). The maximum Gasteiger partial charge on any atom is 0.160 e. The summed E-state index contributed by atoms with van der Waals surface area (Å²) in [7, 11) is 0. The molecule has 96 valence electrons. The Balaban J connectivity index is 2.12. The zero-order valence-corrected chi connectivity index (χ0v) is 9.47. The van der Waals surface area contributed by atoms with Crippen molar-refractivity contribution < 1.29 is 20.1 Å². The van der Waals surface area contributed by atoms with E-state index in [1.165, 1.54) is 0 Å². The third-order valence-electron chi connectivity index (χ3n) is 3.00. The molecular weight excluding hydrogens is 226 g/mol. The van der Waals surface area contributed by atoms with E-state index in [2.05, 4.69) is 4.99 Å². The summed E-state index contributed by atoms with van der Waals surface area (Å²) in [6, 6.07) is 0. The van der Waals surface area contributed by atoms with Gasteiger partial charge in [0.2, 0.25) is 0 Å². The molecule has 0 amide bonds. The lowest BCUT2D eigenvalue weighted by Crippen LogP contribution is -2.46. The van der Waals surface area contributed by atoms with Crippen molar-refractivity contribution in [1.29, 1.82) is 0 Å². The highest BCUT2D eigenvalue weighted by molar-refractivity contribution is 5.91. The number of rotatable bonds is 2. The molecule has 0 saturated carbocycles. The van der Waals surface area contributed by atoms with E-state index in [9.17, 15) is 10.2 Å². The van der Waals surface area contributed by atoms with Crippen molar-refractivity contribution in [3.63, 3.8) is 0 Å². The Bertz CT molecular complexity index is 346. The Hall–Kier alpha value is -1.15. The van der Waals surface area contributed by atoms with Gasteiger partial charge in [-0.2, -0.15) is 0 Å². The SMILES string of the molecule is CC1N=C(N)C=CN1C1OC(CO)C(O)C1O. The van der Waals surface area contributed by atoms with E-state index in [4.69, 9.17) is 15.6 Å². The topological polar surface area (TPSA) is 112 Å². The first-order chi connectivity index (χ1) is 8.04. The second-order valence-corrected chi connectivity index (χ2v) is 4.18. The highest BCUT2D eigenvalue weighted by atomic mass is 16.6. The monoisotopic (exact) mass is 243 g/mol. The average molecular weight is 243 g/mol. The van der Waals surface area contributed by atoms with Gasteiger partial charge in [-0.25, -0.2) is 4.99 Å². The van der Waals surface area contributed by atoms with Crippen LogP contribution in [0.15, 0.2) is 17.3 Å². The van der Waals surface area contributed by atoms with Gasteiger partial charge < -0.3 is 30.7 Å². The molecule has 2 aliphatic rings. The van der Waals surface area contributed by atoms with Crippen LogP contribution in [0.4, 0.5) is 0 Å². The molecule has 0 aromatic heterocycles. The fraction of sp³-hybridized carbons (Fsp3) is 0.700. The molecule has 5 atom stereocenters. The number of amidine groups is 1. The normalized spacial score (nSPS) is 41.8. The average Bonchev–Trinajstić information content (AvgIpc) is 2.57. The number of aliphatic hydroxyl groups excluding tert-OH is 3. The molecule has 7 heteroatoms. The summed E-state index contributed by atoms with van der Waals surface area (Å²) in [5.74, 6) is 0.403. The molecule has 0 aliphatic carbocycles. The first-order valence-corrected chi connectivity index (χ1v) is 5.46. The van der Waals surface area contributed by atoms with Crippen molar-refractivity contribution >= 4 is 5.84 Å². The summed E-state index contributed by atoms with van der Waals surface area (Å²) in [6.45, 7) is 1.46. The first-order valence-electron chi connectivity index (χ1n) is 5.46. The Kier molecular flexibility index (Phi) is 3.34. The van der Waals surface area contributed by atoms with E-state index in [-0.39, 0.29) is 12.8 Å². The highest BCUT2D eigenvalue weighted by Crippen LogP contribution is 2.26. The predicted molar refractivity (Wildman–Crippen MR) is 59.8 cm³/mol. The number of nitrogens with two attached hydrogens (primary N) is 1. The van der Waals surface area contributed by atoms with Crippen molar-refractivity contribution in [1.82, 2.24) is 4.90 Å². The number of ether oxygens (including phenoxy) is 1. The van der Waals surface area contributed by atoms with Crippen LogP contribution in [0.3, 0.4) is 0 Å². The maximum atomic E-state index is 9.85. The largest absolute Gasteiger partial charge is 0.394 e.